The predicted molar refractivity (Wildman–Crippen MR) is 94.2 cm³/mol. The second kappa shape index (κ2) is 9.09. The van der Waals surface area contributed by atoms with Gasteiger partial charge >= 0.3 is 0 Å². The van der Waals surface area contributed by atoms with E-state index in [-0.39, 0.29) is 29.8 Å². The molecule has 1 heterocycles. The highest BCUT2D eigenvalue weighted by molar-refractivity contribution is 7.89. The number of piperidine rings is 1. The molecule has 1 saturated heterocycles. The van der Waals surface area contributed by atoms with E-state index in [1.807, 2.05) is 6.92 Å². The number of hydrogen-bond acceptors (Lipinski definition) is 4. The first-order valence-corrected chi connectivity index (χ1v) is 10.1. The van der Waals surface area contributed by atoms with Gasteiger partial charge in [-0.05, 0) is 43.5 Å². The zero-order valence-corrected chi connectivity index (χ0v) is 15.5. The summed E-state index contributed by atoms with van der Waals surface area (Å²) in [6, 6.07) is 4.62. The standard InChI is InChI=1S/C17H24FN3O4S/c1-2-9-19-16(22)11-20-17(23)13-4-3-10-21(12-13)26(24,25)15-7-5-14(18)6-8-15/h5-8,13H,2-4,9-12H2,1H3,(H,19,22)(H,20,23)/t13-/m1/s1. The average Bonchev–Trinajstić information content (AvgIpc) is 2.64. The van der Waals surface area contributed by atoms with Crippen LogP contribution in [0.1, 0.15) is 26.2 Å². The largest absolute Gasteiger partial charge is 0.355 e. The molecular weight excluding hydrogens is 361 g/mol. The fraction of sp³-hybridized carbons (Fsp3) is 0.529. The van der Waals surface area contributed by atoms with Gasteiger partial charge in [0.1, 0.15) is 5.82 Å². The minimum Gasteiger partial charge on any atom is -0.355 e. The van der Waals surface area contributed by atoms with Crippen molar-refractivity contribution in [1.29, 1.82) is 0 Å². The quantitative estimate of drug-likeness (QED) is 0.728. The molecule has 7 nitrogen and oxygen atoms in total. The van der Waals surface area contributed by atoms with E-state index < -0.39 is 21.8 Å². The van der Waals surface area contributed by atoms with E-state index in [1.54, 1.807) is 0 Å². The molecule has 2 rings (SSSR count). The number of carbonyl (C=O) groups is 2. The van der Waals surface area contributed by atoms with Crippen molar-refractivity contribution in [3.8, 4) is 0 Å². The third kappa shape index (κ3) is 5.25. The van der Waals surface area contributed by atoms with Gasteiger partial charge < -0.3 is 10.6 Å². The Morgan fingerprint density at radius 1 is 1.23 bits per heavy atom. The Morgan fingerprint density at radius 2 is 1.92 bits per heavy atom. The van der Waals surface area contributed by atoms with Crippen LogP contribution in [0, 0.1) is 11.7 Å². The molecule has 9 heteroatoms. The third-order valence-electron chi connectivity index (χ3n) is 4.20. The number of nitrogens with one attached hydrogen (secondary N) is 2. The lowest BCUT2D eigenvalue weighted by atomic mass is 9.99. The summed E-state index contributed by atoms with van der Waals surface area (Å²) in [5.74, 6) is -1.64. The molecule has 144 valence electrons. The van der Waals surface area contributed by atoms with Crippen LogP contribution in [0.4, 0.5) is 4.39 Å². The monoisotopic (exact) mass is 385 g/mol. The molecule has 2 N–H and O–H groups in total. The number of nitrogens with zero attached hydrogens (tertiary/aromatic N) is 1. The van der Waals surface area contributed by atoms with Crippen molar-refractivity contribution < 1.29 is 22.4 Å². The summed E-state index contributed by atoms with van der Waals surface area (Å²) in [5, 5.41) is 5.22. The Balaban J connectivity index is 1.96. The molecule has 0 aliphatic carbocycles. The molecule has 2 amide bonds. The van der Waals surface area contributed by atoms with Crippen LogP contribution in [0.2, 0.25) is 0 Å². The molecule has 26 heavy (non-hydrogen) atoms. The number of amides is 2. The van der Waals surface area contributed by atoms with Gasteiger partial charge in [-0.15, -0.1) is 0 Å². The van der Waals surface area contributed by atoms with Crippen molar-refractivity contribution in [3.05, 3.63) is 30.1 Å². The Kier molecular flexibility index (Phi) is 7.10. The lowest BCUT2D eigenvalue weighted by Crippen LogP contribution is -2.47. The molecule has 0 aromatic heterocycles. The summed E-state index contributed by atoms with van der Waals surface area (Å²) in [6.45, 7) is 2.70. The average molecular weight is 385 g/mol. The summed E-state index contributed by atoms with van der Waals surface area (Å²) in [7, 11) is -3.78. The van der Waals surface area contributed by atoms with E-state index in [0.717, 1.165) is 18.6 Å². The van der Waals surface area contributed by atoms with Crippen LogP contribution in [0.3, 0.4) is 0 Å². The summed E-state index contributed by atoms with van der Waals surface area (Å²) in [6.07, 6.45) is 1.90. The fourth-order valence-corrected chi connectivity index (χ4v) is 4.29. The van der Waals surface area contributed by atoms with Crippen molar-refractivity contribution >= 4 is 21.8 Å². The first-order chi connectivity index (χ1) is 12.3. The van der Waals surface area contributed by atoms with Gasteiger partial charge in [0.05, 0.1) is 17.4 Å². The number of rotatable bonds is 7. The Morgan fingerprint density at radius 3 is 2.58 bits per heavy atom. The third-order valence-corrected chi connectivity index (χ3v) is 6.08. The minimum absolute atomic E-state index is 0.00102. The Bertz CT molecular complexity index is 737. The molecule has 1 atom stereocenters. The van der Waals surface area contributed by atoms with Gasteiger partial charge in [0.2, 0.25) is 21.8 Å². The van der Waals surface area contributed by atoms with Crippen LogP contribution >= 0.6 is 0 Å². The zero-order chi connectivity index (χ0) is 19.2. The first-order valence-electron chi connectivity index (χ1n) is 8.64. The number of halogens is 1. The lowest BCUT2D eigenvalue weighted by Gasteiger charge is -2.31. The van der Waals surface area contributed by atoms with Gasteiger partial charge in [-0.2, -0.15) is 4.31 Å². The summed E-state index contributed by atoms with van der Waals surface area (Å²) in [5.41, 5.74) is 0. The van der Waals surface area contributed by atoms with Crippen LogP contribution in [0.25, 0.3) is 0 Å². The van der Waals surface area contributed by atoms with E-state index in [4.69, 9.17) is 0 Å². The van der Waals surface area contributed by atoms with E-state index >= 15 is 0 Å². The van der Waals surface area contributed by atoms with Crippen LogP contribution in [-0.4, -0.2) is 50.7 Å². The topological polar surface area (TPSA) is 95.6 Å². The maximum Gasteiger partial charge on any atom is 0.243 e. The van der Waals surface area contributed by atoms with Crippen LogP contribution in [0.5, 0.6) is 0 Å². The SMILES string of the molecule is CCCNC(=O)CNC(=O)[C@@H]1CCCN(S(=O)(=O)c2ccc(F)cc2)C1. The molecule has 0 unspecified atom stereocenters. The Hall–Kier alpha value is -2.00. The first kappa shape index (κ1) is 20.3. The minimum atomic E-state index is -3.78. The molecule has 0 spiro atoms. The summed E-state index contributed by atoms with van der Waals surface area (Å²) < 4.78 is 39.6. The van der Waals surface area contributed by atoms with Crippen LogP contribution < -0.4 is 10.6 Å². The molecule has 1 aromatic carbocycles. The second-order valence-electron chi connectivity index (χ2n) is 6.22. The maximum absolute atomic E-state index is 13.0. The highest BCUT2D eigenvalue weighted by Gasteiger charge is 2.33. The number of carbonyl (C=O) groups excluding carboxylic acids is 2. The van der Waals surface area contributed by atoms with E-state index in [0.29, 0.717) is 25.9 Å². The van der Waals surface area contributed by atoms with Gasteiger partial charge in [0.15, 0.2) is 0 Å². The number of hydrogen-bond donors (Lipinski definition) is 2. The van der Waals surface area contributed by atoms with E-state index in [9.17, 15) is 22.4 Å². The van der Waals surface area contributed by atoms with Gasteiger partial charge in [-0.25, -0.2) is 12.8 Å². The van der Waals surface area contributed by atoms with E-state index in [2.05, 4.69) is 10.6 Å². The predicted octanol–water partition coefficient (Wildman–Crippen LogP) is 0.869. The van der Waals surface area contributed by atoms with Crippen molar-refractivity contribution in [2.75, 3.05) is 26.2 Å². The highest BCUT2D eigenvalue weighted by atomic mass is 32.2. The van der Waals surface area contributed by atoms with Crippen LogP contribution in [0.15, 0.2) is 29.2 Å². The van der Waals surface area contributed by atoms with Crippen molar-refractivity contribution in [3.63, 3.8) is 0 Å². The van der Waals surface area contributed by atoms with Gasteiger partial charge in [0.25, 0.3) is 0 Å². The summed E-state index contributed by atoms with van der Waals surface area (Å²) >= 11 is 0. The maximum atomic E-state index is 13.0. The second-order valence-corrected chi connectivity index (χ2v) is 8.16. The number of benzene rings is 1. The van der Waals surface area contributed by atoms with Gasteiger partial charge in [-0.3, -0.25) is 9.59 Å². The van der Waals surface area contributed by atoms with Gasteiger partial charge in [0, 0.05) is 19.6 Å². The molecule has 0 radical (unpaired) electrons. The van der Waals surface area contributed by atoms with Crippen molar-refractivity contribution in [2.45, 2.75) is 31.1 Å². The van der Waals surface area contributed by atoms with Crippen LogP contribution in [-0.2, 0) is 19.6 Å². The van der Waals surface area contributed by atoms with Crippen molar-refractivity contribution in [2.24, 2.45) is 5.92 Å². The van der Waals surface area contributed by atoms with Gasteiger partial charge in [-0.1, -0.05) is 6.92 Å². The highest BCUT2D eigenvalue weighted by Crippen LogP contribution is 2.24. The molecule has 0 saturated carbocycles. The smallest absolute Gasteiger partial charge is 0.243 e. The zero-order valence-electron chi connectivity index (χ0n) is 14.7. The molecule has 1 aromatic rings. The molecule has 1 aliphatic heterocycles. The van der Waals surface area contributed by atoms with Crippen molar-refractivity contribution in [1.82, 2.24) is 14.9 Å². The van der Waals surface area contributed by atoms with E-state index in [1.165, 1.54) is 16.4 Å². The number of sulfonamides is 1. The normalized spacial score (nSPS) is 18.3. The molecule has 0 bridgehead atoms. The molecule has 1 aliphatic rings. The summed E-state index contributed by atoms with van der Waals surface area (Å²) in [4.78, 5) is 23.8. The molecular formula is C17H24FN3O4S. The lowest BCUT2D eigenvalue weighted by molar-refractivity contribution is -0.129. The fourth-order valence-electron chi connectivity index (χ4n) is 2.77. The Labute approximate surface area is 153 Å². The molecule has 1 fully saturated rings.